The summed E-state index contributed by atoms with van der Waals surface area (Å²) in [4.78, 5) is 35.9. The van der Waals surface area contributed by atoms with E-state index in [9.17, 15) is 14.0 Å². The van der Waals surface area contributed by atoms with Gasteiger partial charge in [-0.25, -0.2) is 9.37 Å². The molecule has 210 valence electrons. The lowest BCUT2D eigenvalue weighted by atomic mass is 10.0. The molecule has 1 aliphatic rings. The molecule has 2 aromatic carbocycles. The van der Waals surface area contributed by atoms with E-state index in [0.29, 0.717) is 47.1 Å². The fourth-order valence-electron chi connectivity index (χ4n) is 5.12. The van der Waals surface area contributed by atoms with Crippen molar-refractivity contribution in [3.63, 3.8) is 0 Å². The topological polar surface area (TPSA) is 126 Å². The Balaban J connectivity index is 1.47. The lowest BCUT2D eigenvalue weighted by Crippen LogP contribution is -2.54. The maximum atomic E-state index is 14.7. The molecule has 4 aromatic rings. The van der Waals surface area contributed by atoms with Crippen LogP contribution in [0.5, 0.6) is 6.01 Å². The Bertz CT molecular complexity index is 1560. The summed E-state index contributed by atoms with van der Waals surface area (Å²) in [6.07, 6.45) is 3.94. The van der Waals surface area contributed by atoms with Gasteiger partial charge in [0.15, 0.2) is 5.82 Å². The first kappa shape index (κ1) is 27.3. The van der Waals surface area contributed by atoms with E-state index in [1.165, 1.54) is 17.7 Å². The number of halogens is 1. The normalized spacial score (nSPS) is 17.3. The van der Waals surface area contributed by atoms with Crippen LogP contribution in [0.1, 0.15) is 37.6 Å². The van der Waals surface area contributed by atoms with Gasteiger partial charge >= 0.3 is 6.01 Å². The van der Waals surface area contributed by atoms with Crippen LogP contribution in [0.15, 0.2) is 36.7 Å². The number of nitrogens with zero attached hydrogens (tertiary/aromatic N) is 5. The van der Waals surface area contributed by atoms with Gasteiger partial charge in [0.2, 0.25) is 5.91 Å². The molecular formula is C28H33FN8O3. The zero-order valence-electron chi connectivity index (χ0n) is 23.0. The summed E-state index contributed by atoms with van der Waals surface area (Å²) in [5.74, 6) is -1.06. The Morgan fingerprint density at radius 1 is 1.18 bits per heavy atom. The van der Waals surface area contributed by atoms with Crippen LogP contribution in [0.4, 0.5) is 15.8 Å². The van der Waals surface area contributed by atoms with Crippen LogP contribution >= 0.6 is 0 Å². The number of piperazine rings is 1. The summed E-state index contributed by atoms with van der Waals surface area (Å²) >= 11 is 0. The second-order valence-corrected chi connectivity index (χ2v) is 10.3. The van der Waals surface area contributed by atoms with Gasteiger partial charge in [0, 0.05) is 80.2 Å². The number of hydrogen-bond acceptors (Lipinski definition) is 8. The van der Waals surface area contributed by atoms with Gasteiger partial charge < -0.3 is 25.6 Å². The minimum atomic E-state index is -0.521. The summed E-state index contributed by atoms with van der Waals surface area (Å²) < 4.78 is 21.9. The van der Waals surface area contributed by atoms with Crippen LogP contribution < -0.4 is 25.6 Å². The van der Waals surface area contributed by atoms with Crippen molar-refractivity contribution in [3.05, 3.63) is 48.0 Å². The summed E-state index contributed by atoms with van der Waals surface area (Å²) in [7, 11) is 1.71. The monoisotopic (exact) mass is 548 g/mol. The zero-order chi connectivity index (χ0) is 28.4. The highest BCUT2D eigenvalue weighted by molar-refractivity contribution is 6.14. The van der Waals surface area contributed by atoms with Crippen LogP contribution in [0.3, 0.4) is 0 Å². The van der Waals surface area contributed by atoms with Crippen molar-refractivity contribution in [1.82, 2.24) is 30.4 Å². The number of carbonyl (C=O) groups excluding carboxylic acids is 2. The summed E-state index contributed by atoms with van der Waals surface area (Å²) in [6, 6.07) is 7.28. The third-order valence-electron chi connectivity index (χ3n) is 6.71. The van der Waals surface area contributed by atoms with Gasteiger partial charge in [0.05, 0.1) is 17.7 Å². The van der Waals surface area contributed by atoms with Crippen LogP contribution in [0.2, 0.25) is 0 Å². The minimum Gasteiger partial charge on any atom is -0.463 e. The number of aryl methyl sites for hydroxylation is 1. The van der Waals surface area contributed by atoms with E-state index < -0.39 is 11.7 Å². The first-order valence-corrected chi connectivity index (χ1v) is 13.3. The highest BCUT2D eigenvalue weighted by Gasteiger charge is 2.25. The molecule has 1 fully saturated rings. The SMILES string of the molecule is CC(=O)NCCCOc1ncc2c(N3C[C@@H](C)N[C@H](C)C3)ccc(C(=O)Nc3cc(F)c4nn(C)cc4c3)c2n1. The highest BCUT2D eigenvalue weighted by Crippen LogP contribution is 2.31. The van der Waals surface area contributed by atoms with E-state index in [4.69, 9.17) is 4.74 Å². The van der Waals surface area contributed by atoms with Crippen molar-refractivity contribution in [3.8, 4) is 6.01 Å². The lowest BCUT2D eigenvalue weighted by molar-refractivity contribution is -0.118. The molecule has 3 N–H and O–H groups in total. The summed E-state index contributed by atoms with van der Waals surface area (Å²) in [5.41, 5.74) is 2.22. The van der Waals surface area contributed by atoms with Gasteiger partial charge in [0.1, 0.15) is 5.52 Å². The second kappa shape index (κ2) is 11.4. The van der Waals surface area contributed by atoms with E-state index >= 15 is 0 Å². The van der Waals surface area contributed by atoms with Crippen LogP contribution in [-0.4, -0.2) is 69.9 Å². The molecule has 0 saturated carbocycles. The lowest BCUT2D eigenvalue weighted by Gasteiger charge is -2.38. The predicted molar refractivity (Wildman–Crippen MR) is 151 cm³/mol. The average Bonchev–Trinajstić information content (AvgIpc) is 3.27. The van der Waals surface area contributed by atoms with E-state index in [-0.39, 0.29) is 29.5 Å². The van der Waals surface area contributed by atoms with Gasteiger partial charge in [-0.05, 0) is 44.5 Å². The van der Waals surface area contributed by atoms with E-state index in [0.717, 1.165) is 18.8 Å². The molecule has 2 aromatic heterocycles. The standard InChI is InChI=1S/C28H33FN8O3/c1-16-13-37(14-17(2)32-16)24-7-6-21(26-22(24)12-31-28(34-26)40-9-5-8-30-18(3)38)27(39)33-20-10-19-15-36(4)35-25(19)23(29)11-20/h6-7,10-12,15-17,32H,5,8-9,13-14H2,1-4H3,(H,30,38)(H,33,39)/t16-,17-/m1/s1. The second-order valence-electron chi connectivity index (χ2n) is 10.3. The minimum absolute atomic E-state index is 0.107. The first-order chi connectivity index (χ1) is 19.2. The van der Waals surface area contributed by atoms with E-state index in [1.54, 1.807) is 31.6 Å². The Labute approximate surface area is 231 Å². The molecule has 2 atom stereocenters. The zero-order valence-corrected chi connectivity index (χ0v) is 23.0. The number of benzene rings is 2. The number of anilines is 2. The summed E-state index contributed by atoms with van der Waals surface area (Å²) in [6.45, 7) is 8.07. The number of aromatic nitrogens is 4. The third kappa shape index (κ3) is 5.96. The van der Waals surface area contributed by atoms with Crippen LogP contribution in [-0.2, 0) is 11.8 Å². The predicted octanol–water partition coefficient (Wildman–Crippen LogP) is 3.00. The van der Waals surface area contributed by atoms with E-state index in [1.807, 2.05) is 6.07 Å². The largest absolute Gasteiger partial charge is 0.463 e. The molecule has 0 radical (unpaired) electrons. The van der Waals surface area contributed by atoms with Crippen molar-refractivity contribution in [2.45, 2.75) is 39.3 Å². The quantitative estimate of drug-likeness (QED) is 0.287. The number of nitrogens with one attached hydrogen (secondary N) is 3. The van der Waals surface area contributed by atoms with Crippen molar-refractivity contribution in [1.29, 1.82) is 0 Å². The van der Waals surface area contributed by atoms with Crippen molar-refractivity contribution >= 4 is 45.0 Å². The Morgan fingerprint density at radius 2 is 1.95 bits per heavy atom. The Morgan fingerprint density at radius 3 is 2.70 bits per heavy atom. The fraction of sp³-hybridized carbons (Fsp3) is 0.393. The fourth-order valence-corrected chi connectivity index (χ4v) is 5.12. The average molecular weight is 549 g/mol. The number of rotatable bonds is 8. The summed E-state index contributed by atoms with van der Waals surface area (Å²) in [5, 5.41) is 14.5. The van der Waals surface area contributed by atoms with Gasteiger partial charge in [-0.15, -0.1) is 0 Å². The molecule has 0 unspecified atom stereocenters. The Hall–Kier alpha value is -4.32. The van der Waals surface area contributed by atoms with Crippen LogP contribution in [0, 0.1) is 5.82 Å². The first-order valence-electron chi connectivity index (χ1n) is 13.3. The molecule has 40 heavy (non-hydrogen) atoms. The molecule has 11 nitrogen and oxygen atoms in total. The highest BCUT2D eigenvalue weighted by atomic mass is 19.1. The smallest absolute Gasteiger partial charge is 0.316 e. The molecule has 2 amide bonds. The van der Waals surface area contributed by atoms with E-state index in [2.05, 4.69) is 49.8 Å². The molecule has 5 rings (SSSR count). The van der Waals surface area contributed by atoms with Crippen molar-refractivity contribution in [2.75, 3.05) is 36.5 Å². The van der Waals surface area contributed by atoms with Crippen molar-refractivity contribution in [2.24, 2.45) is 7.05 Å². The molecule has 12 heteroatoms. The number of carbonyl (C=O) groups is 2. The van der Waals surface area contributed by atoms with Gasteiger partial charge in [0.25, 0.3) is 5.91 Å². The van der Waals surface area contributed by atoms with Crippen LogP contribution in [0.25, 0.3) is 21.8 Å². The maximum absolute atomic E-state index is 14.7. The van der Waals surface area contributed by atoms with Crippen molar-refractivity contribution < 1.29 is 18.7 Å². The number of fused-ring (bicyclic) bond motifs is 2. The molecule has 1 aliphatic heterocycles. The molecule has 3 heterocycles. The molecule has 0 aliphatic carbocycles. The third-order valence-corrected chi connectivity index (χ3v) is 6.71. The van der Waals surface area contributed by atoms with Gasteiger partial charge in [-0.2, -0.15) is 10.1 Å². The number of ether oxygens (including phenoxy) is 1. The molecular weight excluding hydrogens is 515 g/mol. The Kier molecular flexibility index (Phi) is 7.78. The maximum Gasteiger partial charge on any atom is 0.316 e. The molecule has 1 saturated heterocycles. The van der Waals surface area contributed by atoms with Gasteiger partial charge in [-0.3, -0.25) is 14.3 Å². The number of amides is 2. The molecule has 0 spiro atoms. The van der Waals surface area contributed by atoms with Gasteiger partial charge in [-0.1, -0.05) is 0 Å². The molecule has 0 bridgehead atoms. The number of hydrogen-bond donors (Lipinski definition) is 3.